The molecule has 0 heterocycles. The molecule has 1 aromatic rings. The number of aryl methyl sites for hydroxylation is 1. The Hall–Kier alpha value is -1.02. The zero-order chi connectivity index (χ0) is 10.9. The Balaban J connectivity index is 1.79. The van der Waals surface area contributed by atoms with Crippen LogP contribution in [0.4, 0.5) is 0 Å². The van der Waals surface area contributed by atoms with Crippen LogP contribution in [-0.2, 0) is 0 Å². The van der Waals surface area contributed by atoms with Gasteiger partial charge in [0.2, 0.25) is 0 Å². The Bertz CT molecular complexity index is 348. The molecule has 2 nitrogen and oxygen atoms in total. The van der Waals surface area contributed by atoms with Crippen molar-refractivity contribution in [1.82, 2.24) is 0 Å². The maximum Gasteiger partial charge on any atom is 0.119 e. The Morgan fingerprint density at radius 2 is 2.27 bits per heavy atom. The topological polar surface area (TPSA) is 29.5 Å². The molecule has 15 heavy (non-hydrogen) atoms. The fraction of sp³-hybridized carbons (Fsp3) is 0.538. The molecule has 1 fully saturated rings. The highest BCUT2D eigenvalue weighted by atomic mass is 16.5. The first-order valence-corrected chi connectivity index (χ1v) is 5.52. The zero-order valence-electron chi connectivity index (χ0n) is 9.36. The van der Waals surface area contributed by atoms with Crippen molar-refractivity contribution in [2.75, 3.05) is 6.61 Å². The largest absolute Gasteiger partial charge is 0.493 e. The van der Waals surface area contributed by atoms with Crippen LogP contribution in [0.1, 0.15) is 25.3 Å². The van der Waals surface area contributed by atoms with Crippen LogP contribution >= 0.6 is 0 Å². The van der Waals surface area contributed by atoms with Gasteiger partial charge in [0, 0.05) is 6.42 Å². The van der Waals surface area contributed by atoms with Crippen LogP contribution in [0.5, 0.6) is 5.75 Å². The van der Waals surface area contributed by atoms with Crippen molar-refractivity contribution in [3.8, 4) is 5.75 Å². The van der Waals surface area contributed by atoms with Crippen LogP contribution in [0.15, 0.2) is 24.3 Å². The Kier molecular flexibility index (Phi) is 2.70. The lowest BCUT2D eigenvalue weighted by molar-refractivity contribution is 0.103. The summed E-state index contributed by atoms with van der Waals surface area (Å²) in [5.41, 5.74) is 0.759. The SMILES string of the molecule is Cc1cccc(OCCC2(O)CC2C)c1. The lowest BCUT2D eigenvalue weighted by atomic mass is 10.2. The van der Waals surface area contributed by atoms with Crippen molar-refractivity contribution in [1.29, 1.82) is 0 Å². The van der Waals surface area contributed by atoms with Crippen molar-refractivity contribution >= 4 is 0 Å². The van der Waals surface area contributed by atoms with Gasteiger partial charge in [-0.2, -0.15) is 0 Å². The van der Waals surface area contributed by atoms with Crippen LogP contribution in [0.3, 0.4) is 0 Å². The van der Waals surface area contributed by atoms with E-state index < -0.39 is 5.60 Å². The second-order valence-corrected chi connectivity index (χ2v) is 4.62. The van der Waals surface area contributed by atoms with E-state index in [-0.39, 0.29) is 0 Å². The second kappa shape index (κ2) is 3.86. The number of hydrogen-bond acceptors (Lipinski definition) is 2. The molecule has 2 unspecified atom stereocenters. The molecule has 0 spiro atoms. The molecular formula is C13H18O2. The highest BCUT2D eigenvalue weighted by molar-refractivity contribution is 5.27. The van der Waals surface area contributed by atoms with Gasteiger partial charge in [-0.1, -0.05) is 19.1 Å². The summed E-state index contributed by atoms with van der Waals surface area (Å²) < 4.78 is 5.59. The average molecular weight is 206 g/mol. The fourth-order valence-electron chi connectivity index (χ4n) is 1.87. The molecule has 2 heteroatoms. The number of ether oxygens (including phenoxy) is 1. The van der Waals surface area contributed by atoms with E-state index in [0.717, 1.165) is 18.6 Å². The van der Waals surface area contributed by atoms with Crippen LogP contribution in [0.25, 0.3) is 0 Å². The highest BCUT2D eigenvalue weighted by Gasteiger charge is 2.48. The molecule has 0 saturated heterocycles. The van der Waals surface area contributed by atoms with Crippen LogP contribution in [0, 0.1) is 12.8 Å². The Labute approximate surface area is 90.9 Å². The molecule has 2 atom stereocenters. The van der Waals surface area contributed by atoms with Crippen LogP contribution in [-0.4, -0.2) is 17.3 Å². The molecule has 0 radical (unpaired) electrons. The van der Waals surface area contributed by atoms with Gasteiger partial charge in [0.1, 0.15) is 5.75 Å². The van der Waals surface area contributed by atoms with Crippen molar-refractivity contribution in [3.05, 3.63) is 29.8 Å². The van der Waals surface area contributed by atoms with Gasteiger partial charge in [0.05, 0.1) is 12.2 Å². The zero-order valence-corrected chi connectivity index (χ0v) is 9.36. The summed E-state index contributed by atoms with van der Waals surface area (Å²) in [6.45, 7) is 4.72. The van der Waals surface area contributed by atoms with Gasteiger partial charge in [-0.15, -0.1) is 0 Å². The minimum absolute atomic E-state index is 0.441. The number of aliphatic hydroxyl groups is 1. The summed E-state index contributed by atoms with van der Waals surface area (Å²) in [6.07, 6.45) is 1.66. The Morgan fingerprint density at radius 1 is 1.53 bits per heavy atom. The van der Waals surface area contributed by atoms with Gasteiger partial charge >= 0.3 is 0 Å². The first kappa shape index (κ1) is 10.5. The van der Waals surface area contributed by atoms with Crippen LogP contribution in [0.2, 0.25) is 0 Å². The van der Waals surface area contributed by atoms with Crippen molar-refractivity contribution < 1.29 is 9.84 Å². The maximum atomic E-state index is 9.85. The van der Waals surface area contributed by atoms with E-state index in [2.05, 4.69) is 6.92 Å². The molecule has 0 bridgehead atoms. The summed E-state index contributed by atoms with van der Waals surface area (Å²) in [7, 11) is 0. The van der Waals surface area contributed by atoms with E-state index in [4.69, 9.17) is 4.74 Å². The van der Waals surface area contributed by atoms with E-state index in [1.54, 1.807) is 0 Å². The van der Waals surface area contributed by atoms with E-state index in [0.29, 0.717) is 12.5 Å². The van der Waals surface area contributed by atoms with E-state index in [1.807, 2.05) is 31.2 Å². The summed E-state index contributed by atoms with van der Waals surface area (Å²) in [5, 5.41) is 9.85. The van der Waals surface area contributed by atoms with E-state index in [9.17, 15) is 5.11 Å². The summed E-state index contributed by atoms with van der Waals surface area (Å²) in [4.78, 5) is 0. The third kappa shape index (κ3) is 2.51. The molecule has 1 aromatic carbocycles. The van der Waals surface area contributed by atoms with Crippen LogP contribution < -0.4 is 4.74 Å². The standard InChI is InChI=1S/C13H18O2/c1-10-4-3-5-12(8-10)15-7-6-13(14)9-11(13)2/h3-5,8,11,14H,6-7,9H2,1-2H3. The molecule has 2 rings (SSSR count). The van der Waals surface area contributed by atoms with Gasteiger partial charge in [-0.25, -0.2) is 0 Å². The molecular weight excluding hydrogens is 188 g/mol. The first-order chi connectivity index (χ1) is 7.10. The maximum absolute atomic E-state index is 9.85. The summed E-state index contributed by atoms with van der Waals surface area (Å²) >= 11 is 0. The molecule has 0 aromatic heterocycles. The predicted octanol–water partition coefficient (Wildman–Crippen LogP) is 2.53. The Morgan fingerprint density at radius 3 is 2.87 bits per heavy atom. The van der Waals surface area contributed by atoms with Gasteiger partial charge in [0.25, 0.3) is 0 Å². The van der Waals surface area contributed by atoms with Crippen molar-refractivity contribution in [3.63, 3.8) is 0 Å². The molecule has 0 aliphatic heterocycles. The first-order valence-electron chi connectivity index (χ1n) is 5.52. The number of rotatable bonds is 4. The molecule has 1 saturated carbocycles. The monoisotopic (exact) mass is 206 g/mol. The average Bonchev–Trinajstić information content (AvgIpc) is 2.74. The van der Waals surface area contributed by atoms with Crippen molar-refractivity contribution in [2.24, 2.45) is 5.92 Å². The third-order valence-corrected chi connectivity index (χ3v) is 3.21. The second-order valence-electron chi connectivity index (χ2n) is 4.62. The quantitative estimate of drug-likeness (QED) is 0.820. The molecule has 1 aliphatic rings. The highest BCUT2D eigenvalue weighted by Crippen LogP contribution is 2.45. The molecule has 0 amide bonds. The van der Waals surface area contributed by atoms with Gasteiger partial charge in [-0.05, 0) is 37.0 Å². The van der Waals surface area contributed by atoms with Crippen molar-refractivity contribution in [2.45, 2.75) is 32.3 Å². The van der Waals surface area contributed by atoms with Gasteiger partial charge in [0.15, 0.2) is 0 Å². The third-order valence-electron chi connectivity index (χ3n) is 3.21. The predicted molar refractivity (Wildman–Crippen MR) is 60.0 cm³/mol. The smallest absolute Gasteiger partial charge is 0.119 e. The minimum Gasteiger partial charge on any atom is -0.493 e. The number of hydrogen-bond donors (Lipinski definition) is 1. The molecule has 82 valence electrons. The van der Waals surface area contributed by atoms with E-state index >= 15 is 0 Å². The normalized spacial score (nSPS) is 28.9. The van der Waals surface area contributed by atoms with Gasteiger partial charge in [-0.3, -0.25) is 0 Å². The molecule has 1 aliphatic carbocycles. The molecule has 1 N–H and O–H groups in total. The summed E-state index contributed by atoms with van der Waals surface area (Å²) in [5.74, 6) is 1.34. The van der Waals surface area contributed by atoms with Gasteiger partial charge < -0.3 is 9.84 Å². The number of benzene rings is 1. The fourth-order valence-corrected chi connectivity index (χ4v) is 1.87. The van der Waals surface area contributed by atoms with E-state index in [1.165, 1.54) is 5.56 Å². The lowest BCUT2D eigenvalue weighted by Gasteiger charge is -2.10. The minimum atomic E-state index is -0.441. The lowest BCUT2D eigenvalue weighted by Crippen LogP contribution is -2.14. The summed E-state index contributed by atoms with van der Waals surface area (Å²) in [6, 6.07) is 8.00.